The van der Waals surface area contributed by atoms with Crippen molar-refractivity contribution in [2.75, 3.05) is 10.6 Å². The molecule has 1 aliphatic rings. The van der Waals surface area contributed by atoms with Crippen molar-refractivity contribution >= 4 is 17.5 Å². The average molecular weight is 296 g/mol. The van der Waals surface area contributed by atoms with Gasteiger partial charge in [-0.3, -0.25) is 0 Å². The topological polar surface area (TPSA) is 49.8 Å². The van der Waals surface area contributed by atoms with Gasteiger partial charge >= 0.3 is 0 Å². The van der Waals surface area contributed by atoms with E-state index >= 15 is 0 Å². The molecule has 22 heavy (non-hydrogen) atoms. The molecule has 0 radical (unpaired) electrons. The molecule has 116 valence electrons. The first kappa shape index (κ1) is 14.8. The lowest BCUT2D eigenvalue weighted by molar-refractivity contribution is 0.617. The summed E-state index contributed by atoms with van der Waals surface area (Å²) in [7, 11) is 0. The lowest BCUT2D eigenvalue weighted by Gasteiger charge is -2.17. The highest BCUT2D eigenvalue weighted by atomic mass is 15.1. The molecule has 4 nitrogen and oxygen atoms in total. The molecule has 0 amide bonds. The summed E-state index contributed by atoms with van der Waals surface area (Å²) in [5.74, 6) is 1.58. The minimum Gasteiger partial charge on any atom is -0.367 e. The van der Waals surface area contributed by atoms with Crippen molar-refractivity contribution in [3.05, 3.63) is 42.1 Å². The van der Waals surface area contributed by atoms with Gasteiger partial charge < -0.3 is 10.6 Å². The van der Waals surface area contributed by atoms with Crippen LogP contribution in [0.25, 0.3) is 0 Å². The summed E-state index contributed by atoms with van der Waals surface area (Å²) in [6.07, 6.45) is 7.84. The predicted molar refractivity (Wildman–Crippen MR) is 91.6 cm³/mol. The molecular formula is C18H24N4. The van der Waals surface area contributed by atoms with Crippen molar-refractivity contribution in [3.8, 4) is 0 Å². The van der Waals surface area contributed by atoms with Crippen molar-refractivity contribution in [2.24, 2.45) is 0 Å². The normalized spacial score (nSPS) is 16.0. The van der Waals surface area contributed by atoms with E-state index in [1.165, 1.54) is 38.5 Å². The quantitative estimate of drug-likeness (QED) is 0.805. The van der Waals surface area contributed by atoms with E-state index in [4.69, 9.17) is 0 Å². The molecule has 0 aliphatic heterocycles. The number of nitrogens with one attached hydrogen (secondary N) is 2. The van der Waals surface area contributed by atoms with Crippen LogP contribution in [0.3, 0.4) is 0 Å². The van der Waals surface area contributed by atoms with Crippen molar-refractivity contribution in [1.82, 2.24) is 9.97 Å². The summed E-state index contributed by atoms with van der Waals surface area (Å²) in [5, 5.41) is 6.87. The van der Waals surface area contributed by atoms with Crippen LogP contribution in [0.15, 0.2) is 36.4 Å². The summed E-state index contributed by atoms with van der Waals surface area (Å²) in [4.78, 5) is 9.10. The van der Waals surface area contributed by atoms with E-state index in [1.54, 1.807) is 0 Å². The predicted octanol–water partition coefficient (Wildman–Crippen LogP) is 4.66. The van der Waals surface area contributed by atoms with Gasteiger partial charge in [0.05, 0.1) is 0 Å². The van der Waals surface area contributed by atoms with Gasteiger partial charge in [0, 0.05) is 23.5 Å². The van der Waals surface area contributed by atoms with E-state index in [0.29, 0.717) is 12.0 Å². The van der Waals surface area contributed by atoms with E-state index in [2.05, 4.69) is 20.6 Å². The zero-order chi connectivity index (χ0) is 15.2. The first-order valence-electron chi connectivity index (χ1n) is 8.24. The van der Waals surface area contributed by atoms with Crippen LogP contribution in [-0.2, 0) is 0 Å². The molecule has 0 unspecified atom stereocenters. The molecule has 0 spiro atoms. The molecule has 1 saturated carbocycles. The molecule has 2 aromatic rings. The molecule has 0 saturated heterocycles. The van der Waals surface area contributed by atoms with Crippen molar-refractivity contribution in [3.63, 3.8) is 0 Å². The highest BCUT2D eigenvalue weighted by Crippen LogP contribution is 2.22. The summed E-state index contributed by atoms with van der Waals surface area (Å²) >= 11 is 0. The second-order valence-corrected chi connectivity index (χ2v) is 6.04. The fourth-order valence-electron chi connectivity index (χ4n) is 2.98. The Morgan fingerprint density at radius 1 is 0.955 bits per heavy atom. The molecule has 1 aromatic heterocycles. The summed E-state index contributed by atoms with van der Waals surface area (Å²) in [5.41, 5.74) is 1.98. The zero-order valence-electron chi connectivity index (χ0n) is 13.2. The molecule has 1 aromatic carbocycles. The number of anilines is 3. The van der Waals surface area contributed by atoms with Crippen LogP contribution < -0.4 is 10.6 Å². The smallest absolute Gasteiger partial charge is 0.229 e. The van der Waals surface area contributed by atoms with Gasteiger partial charge in [0.1, 0.15) is 5.82 Å². The number of benzene rings is 1. The maximum absolute atomic E-state index is 4.62. The van der Waals surface area contributed by atoms with Gasteiger partial charge in [-0.2, -0.15) is 4.98 Å². The second-order valence-electron chi connectivity index (χ2n) is 6.04. The van der Waals surface area contributed by atoms with Crippen LogP contribution in [0.4, 0.5) is 17.5 Å². The zero-order valence-corrected chi connectivity index (χ0v) is 13.2. The molecule has 1 fully saturated rings. The highest BCUT2D eigenvalue weighted by Gasteiger charge is 2.13. The van der Waals surface area contributed by atoms with Gasteiger partial charge in [0.2, 0.25) is 5.95 Å². The molecule has 0 atom stereocenters. The minimum absolute atomic E-state index is 0.543. The third-order valence-electron chi connectivity index (χ3n) is 4.09. The summed E-state index contributed by atoms with van der Waals surface area (Å²) < 4.78 is 0. The fraction of sp³-hybridized carbons (Fsp3) is 0.444. The van der Waals surface area contributed by atoms with E-state index < -0.39 is 0 Å². The maximum Gasteiger partial charge on any atom is 0.229 e. The largest absolute Gasteiger partial charge is 0.367 e. The number of hydrogen-bond acceptors (Lipinski definition) is 4. The minimum atomic E-state index is 0.543. The fourth-order valence-corrected chi connectivity index (χ4v) is 2.98. The SMILES string of the molecule is Cc1cc(NC2CCCCCC2)nc(Nc2ccccc2)n1. The van der Waals surface area contributed by atoms with E-state index in [9.17, 15) is 0 Å². The van der Waals surface area contributed by atoms with E-state index in [1.807, 2.05) is 43.3 Å². The molecule has 1 heterocycles. The van der Waals surface area contributed by atoms with Crippen LogP contribution in [0.1, 0.15) is 44.2 Å². The first-order valence-corrected chi connectivity index (χ1v) is 8.24. The Morgan fingerprint density at radius 3 is 2.41 bits per heavy atom. The lowest BCUT2D eigenvalue weighted by atomic mass is 10.1. The number of hydrogen-bond donors (Lipinski definition) is 2. The highest BCUT2D eigenvalue weighted by molar-refractivity contribution is 5.55. The molecule has 4 heteroatoms. The Morgan fingerprint density at radius 2 is 1.68 bits per heavy atom. The van der Waals surface area contributed by atoms with Gasteiger partial charge in [0.25, 0.3) is 0 Å². The first-order chi connectivity index (χ1) is 10.8. The Hall–Kier alpha value is -2.10. The van der Waals surface area contributed by atoms with E-state index in [0.717, 1.165) is 17.2 Å². The van der Waals surface area contributed by atoms with E-state index in [-0.39, 0.29) is 0 Å². The molecule has 1 aliphatic carbocycles. The Balaban J connectivity index is 1.71. The van der Waals surface area contributed by atoms with Crippen LogP contribution in [-0.4, -0.2) is 16.0 Å². The van der Waals surface area contributed by atoms with Gasteiger partial charge in [-0.25, -0.2) is 4.98 Å². The number of aryl methyl sites for hydroxylation is 1. The number of nitrogens with zero attached hydrogens (tertiary/aromatic N) is 2. The van der Waals surface area contributed by atoms with Crippen LogP contribution in [0.2, 0.25) is 0 Å². The monoisotopic (exact) mass is 296 g/mol. The van der Waals surface area contributed by atoms with Crippen molar-refractivity contribution < 1.29 is 0 Å². The number of rotatable bonds is 4. The molecule has 2 N–H and O–H groups in total. The van der Waals surface area contributed by atoms with Crippen molar-refractivity contribution in [2.45, 2.75) is 51.5 Å². The summed E-state index contributed by atoms with van der Waals surface area (Å²) in [6.45, 7) is 2.01. The van der Waals surface area contributed by atoms with Crippen LogP contribution >= 0.6 is 0 Å². The third-order valence-corrected chi connectivity index (χ3v) is 4.09. The van der Waals surface area contributed by atoms with Gasteiger partial charge in [-0.05, 0) is 31.9 Å². The van der Waals surface area contributed by atoms with Gasteiger partial charge in [0.15, 0.2) is 0 Å². The lowest BCUT2D eigenvalue weighted by Crippen LogP contribution is -2.19. The Bertz CT molecular complexity index is 589. The standard InChI is InChI=1S/C18H24N4/c1-14-13-17(20-15-9-5-2-3-6-10-15)22-18(19-14)21-16-11-7-4-8-12-16/h4,7-8,11-13,15H,2-3,5-6,9-10H2,1H3,(H2,19,20,21,22). The molecular weight excluding hydrogens is 272 g/mol. The number of para-hydroxylation sites is 1. The number of aromatic nitrogens is 2. The molecule has 3 rings (SSSR count). The van der Waals surface area contributed by atoms with Crippen LogP contribution in [0, 0.1) is 6.92 Å². The Labute approximate surface area is 132 Å². The third kappa shape index (κ3) is 4.20. The van der Waals surface area contributed by atoms with Crippen molar-refractivity contribution in [1.29, 1.82) is 0 Å². The Kier molecular flexibility index (Phi) is 4.88. The summed E-state index contributed by atoms with van der Waals surface area (Å²) in [6, 6.07) is 12.6. The maximum atomic E-state index is 4.62. The molecule has 0 bridgehead atoms. The van der Waals surface area contributed by atoms with Gasteiger partial charge in [-0.15, -0.1) is 0 Å². The second kappa shape index (κ2) is 7.25. The average Bonchev–Trinajstić information content (AvgIpc) is 2.76. The van der Waals surface area contributed by atoms with Crippen LogP contribution in [0.5, 0.6) is 0 Å². The van der Waals surface area contributed by atoms with Gasteiger partial charge in [-0.1, -0.05) is 43.9 Å².